The van der Waals surface area contributed by atoms with Gasteiger partial charge in [0.1, 0.15) is 6.66 Å². The Morgan fingerprint density at radius 1 is 1.22 bits per heavy atom. The minimum Gasteiger partial charge on any atom is -0.376 e. The lowest BCUT2D eigenvalue weighted by molar-refractivity contribution is 0.152. The van der Waals surface area contributed by atoms with Crippen LogP contribution in [0.25, 0.3) is 0 Å². The first-order chi connectivity index (χ1) is 8.10. The van der Waals surface area contributed by atoms with Crippen LogP contribution in [0.15, 0.2) is 0 Å². The molecular weight excluding hydrogens is 271 g/mol. The van der Waals surface area contributed by atoms with Gasteiger partial charge in [-0.3, -0.25) is 0 Å². The Morgan fingerprint density at radius 2 is 1.50 bits per heavy atom. The first-order valence-corrected chi connectivity index (χ1v) is 8.39. The fourth-order valence-corrected chi connectivity index (χ4v) is 1.84. The van der Waals surface area contributed by atoms with Crippen molar-refractivity contribution in [3.63, 3.8) is 0 Å². The summed E-state index contributed by atoms with van der Waals surface area (Å²) in [5.74, 6) is 0.850. The molecule has 5 nitrogen and oxygen atoms in total. The van der Waals surface area contributed by atoms with E-state index in [2.05, 4.69) is 17.5 Å². The summed E-state index contributed by atoms with van der Waals surface area (Å²) < 4.78 is 10.6. The Bertz CT molecular complexity index is 212. The van der Waals surface area contributed by atoms with Crippen LogP contribution < -0.4 is 11.1 Å². The summed E-state index contributed by atoms with van der Waals surface area (Å²) in [6.07, 6.45) is 0. The molecule has 0 fully saturated rings. The van der Waals surface area contributed by atoms with Gasteiger partial charge in [0, 0.05) is 7.05 Å². The van der Waals surface area contributed by atoms with Gasteiger partial charge in [-0.25, -0.2) is 0 Å². The lowest BCUT2D eigenvalue weighted by Gasteiger charge is -2.15. The zero-order valence-corrected chi connectivity index (χ0v) is 14.0. The summed E-state index contributed by atoms with van der Waals surface area (Å²) in [5, 5.41) is 2.88. The molecule has 0 saturated carbocycles. The topological polar surface area (TPSA) is 76.7 Å². The van der Waals surface area contributed by atoms with E-state index in [0.717, 1.165) is 0 Å². The Balaban J connectivity index is 0. The highest BCUT2D eigenvalue weighted by Gasteiger charge is 2.33. The fourth-order valence-electron chi connectivity index (χ4n) is 0.612. The van der Waals surface area contributed by atoms with E-state index in [-0.39, 0.29) is 0 Å². The number of nitrogens with one attached hydrogen (secondary N) is 1. The predicted octanol–water partition coefficient (Wildman–Crippen LogP) is 2.17. The maximum atomic E-state index is 9.68. The van der Waals surface area contributed by atoms with Gasteiger partial charge in [0.15, 0.2) is 5.11 Å². The maximum Gasteiger partial charge on any atom is 0.405 e. The van der Waals surface area contributed by atoms with Crippen molar-refractivity contribution in [2.45, 2.75) is 27.7 Å². The Hall–Kier alpha value is 0.0000000000000000278. The molecule has 0 aliphatic heterocycles. The van der Waals surface area contributed by atoms with E-state index in [4.69, 9.17) is 14.8 Å². The van der Waals surface area contributed by atoms with E-state index >= 15 is 0 Å². The second kappa shape index (κ2) is 10.9. The number of rotatable bonds is 6. The van der Waals surface area contributed by atoms with Gasteiger partial charge < -0.3 is 11.1 Å². The van der Waals surface area contributed by atoms with E-state index in [1.54, 1.807) is 13.7 Å². The Labute approximate surface area is 117 Å². The molecule has 0 aromatic rings. The highest BCUT2D eigenvalue weighted by atomic mass is 32.1. The van der Waals surface area contributed by atoms with Crippen LogP contribution in [0.3, 0.4) is 0 Å². The SMILES string of the molecule is CC(C)CO[P+](C)(O)OCC(C)C.CNC(N)=S. The first kappa shape index (κ1) is 20.3. The third-order valence-corrected chi connectivity index (χ3v) is 3.00. The number of nitrogens with two attached hydrogens (primary N) is 1. The third kappa shape index (κ3) is 18.4. The molecule has 0 aliphatic rings. The molecule has 7 heteroatoms. The van der Waals surface area contributed by atoms with Gasteiger partial charge in [-0.05, 0) is 24.1 Å². The maximum absolute atomic E-state index is 9.68. The fraction of sp³-hybridized carbons (Fsp3) is 0.909. The zero-order valence-electron chi connectivity index (χ0n) is 12.3. The van der Waals surface area contributed by atoms with Gasteiger partial charge in [0.25, 0.3) is 0 Å². The van der Waals surface area contributed by atoms with Gasteiger partial charge in [0.05, 0.1) is 13.2 Å². The average Bonchev–Trinajstić information content (AvgIpc) is 2.25. The molecule has 18 heavy (non-hydrogen) atoms. The number of thiocarbonyl (C=S) groups is 1. The van der Waals surface area contributed by atoms with Crippen LogP contribution in [0.5, 0.6) is 0 Å². The summed E-state index contributed by atoms with van der Waals surface area (Å²) in [5.41, 5.74) is 4.91. The van der Waals surface area contributed by atoms with Gasteiger partial charge in [0.2, 0.25) is 0 Å². The van der Waals surface area contributed by atoms with Gasteiger partial charge in [-0.1, -0.05) is 27.7 Å². The molecule has 110 valence electrons. The van der Waals surface area contributed by atoms with Crippen molar-refractivity contribution < 1.29 is 13.9 Å². The van der Waals surface area contributed by atoms with E-state index < -0.39 is 7.94 Å². The minimum absolute atomic E-state index is 0.338. The molecule has 0 unspecified atom stereocenters. The van der Waals surface area contributed by atoms with Crippen molar-refractivity contribution in [3.05, 3.63) is 0 Å². The molecule has 0 rings (SSSR count). The molecule has 0 aromatic carbocycles. The van der Waals surface area contributed by atoms with E-state index in [1.807, 2.05) is 27.7 Å². The quantitative estimate of drug-likeness (QED) is 0.515. The molecule has 0 bridgehead atoms. The normalized spacial score (nSPS) is 11.2. The van der Waals surface area contributed by atoms with Crippen LogP contribution in [-0.4, -0.2) is 36.9 Å². The monoisotopic (exact) mass is 299 g/mol. The molecule has 0 heterocycles. The van der Waals surface area contributed by atoms with Gasteiger partial charge >= 0.3 is 7.94 Å². The first-order valence-electron chi connectivity index (χ1n) is 5.96. The van der Waals surface area contributed by atoms with Crippen molar-refractivity contribution in [2.24, 2.45) is 17.6 Å². The highest BCUT2D eigenvalue weighted by Crippen LogP contribution is 2.53. The van der Waals surface area contributed by atoms with Crippen molar-refractivity contribution in [3.8, 4) is 0 Å². The van der Waals surface area contributed by atoms with E-state index in [1.165, 1.54) is 0 Å². The van der Waals surface area contributed by atoms with Crippen molar-refractivity contribution >= 4 is 25.3 Å². The molecule has 0 aliphatic carbocycles. The van der Waals surface area contributed by atoms with Crippen LogP contribution in [0.4, 0.5) is 0 Å². The molecule has 4 N–H and O–H groups in total. The molecule has 0 radical (unpaired) electrons. The van der Waals surface area contributed by atoms with Gasteiger partial charge in [-0.2, -0.15) is 13.9 Å². The summed E-state index contributed by atoms with van der Waals surface area (Å²) in [6, 6.07) is 0. The lowest BCUT2D eigenvalue weighted by atomic mass is 10.2. The lowest BCUT2D eigenvalue weighted by Crippen LogP contribution is -2.24. The Kier molecular flexibility index (Phi) is 12.3. The van der Waals surface area contributed by atoms with Crippen LogP contribution in [0.1, 0.15) is 27.7 Å². The second-order valence-electron chi connectivity index (χ2n) is 4.80. The largest absolute Gasteiger partial charge is 0.405 e. The van der Waals surface area contributed by atoms with Gasteiger partial charge in [-0.15, -0.1) is 0 Å². The highest BCUT2D eigenvalue weighted by molar-refractivity contribution is 7.80. The smallest absolute Gasteiger partial charge is 0.376 e. The third-order valence-electron chi connectivity index (χ3n) is 1.54. The molecule has 0 atom stereocenters. The van der Waals surface area contributed by atoms with Crippen LogP contribution in [-0.2, 0) is 9.05 Å². The average molecular weight is 299 g/mol. The summed E-state index contributed by atoms with van der Waals surface area (Å²) >= 11 is 4.36. The molecule has 0 aromatic heterocycles. The standard InChI is InChI=1S/C9H22O3P.C2H6N2S/c1-8(2)6-11-13(5,10)12-7-9(3)4;1-4-2(3)5/h8-10H,6-7H2,1-5H3;1H3,(H3,3,4,5)/q+1;. The van der Waals surface area contributed by atoms with Crippen molar-refractivity contribution in [1.29, 1.82) is 0 Å². The van der Waals surface area contributed by atoms with E-state index in [0.29, 0.717) is 30.2 Å². The van der Waals surface area contributed by atoms with E-state index in [9.17, 15) is 4.89 Å². The van der Waals surface area contributed by atoms with Crippen LogP contribution >= 0.6 is 20.2 Å². The minimum atomic E-state index is -2.55. The summed E-state index contributed by atoms with van der Waals surface area (Å²) in [4.78, 5) is 9.68. The molecular formula is C11H28N2O3PS+. The zero-order chi connectivity index (χ0) is 14.8. The van der Waals surface area contributed by atoms with Crippen LogP contribution in [0.2, 0.25) is 0 Å². The van der Waals surface area contributed by atoms with Crippen molar-refractivity contribution in [2.75, 3.05) is 26.9 Å². The number of hydrogen-bond acceptors (Lipinski definition) is 4. The summed E-state index contributed by atoms with van der Waals surface area (Å²) in [7, 11) is -0.867. The summed E-state index contributed by atoms with van der Waals surface area (Å²) in [6.45, 7) is 10.9. The van der Waals surface area contributed by atoms with Crippen molar-refractivity contribution in [1.82, 2.24) is 5.32 Å². The number of hydrogen-bond donors (Lipinski definition) is 3. The Morgan fingerprint density at radius 3 is 1.67 bits per heavy atom. The predicted molar refractivity (Wildman–Crippen MR) is 82.5 cm³/mol. The molecule has 0 saturated heterocycles. The molecule has 0 amide bonds. The van der Waals surface area contributed by atoms with Crippen LogP contribution in [0, 0.1) is 11.8 Å². The molecule has 0 spiro atoms. The second-order valence-corrected chi connectivity index (χ2v) is 7.36.